The Bertz CT molecular complexity index is 406. The summed E-state index contributed by atoms with van der Waals surface area (Å²) in [6.45, 7) is 5.13. The van der Waals surface area contributed by atoms with Crippen LogP contribution < -0.4 is 10.5 Å². The van der Waals surface area contributed by atoms with Crippen molar-refractivity contribution in [2.24, 2.45) is 11.7 Å². The summed E-state index contributed by atoms with van der Waals surface area (Å²) in [6, 6.07) is 4.91. The molecule has 0 aliphatic heterocycles. The van der Waals surface area contributed by atoms with Gasteiger partial charge >= 0.3 is 0 Å². The minimum absolute atomic E-state index is 0.223. The lowest BCUT2D eigenvalue weighted by Gasteiger charge is -2.18. The Labute approximate surface area is 127 Å². The van der Waals surface area contributed by atoms with Crippen LogP contribution in [0.3, 0.4) is 0 Å². The molecule has 0 aliphatic rings. The molecule has 0 saturated carbocycles. The average molecular weight is 297 g/mol. The van der Waals surface area contributed by atoms with Gasteiger partial charge in [0.05, 0.1) is 12.7 Å². The highest BCUT2D eigenvalue weighted by molar-refractivity contribution is 5.32. The summed E-state index contributed by atoms with van der Waals surface area (Å²) >= 11 is 0. The molecule has 1 aromatic carbocycles. The van der Waals surface area contributed by atoms with Gasteiger partial charge < -0.3 is 15.6 Å². The second-order valence-electron chi connectivity index (χ2n) is 5.51. The predicted octanol–water partition coefficient (Wildman–Crippen LogP) is 3.80. The first-order valence-electron chi connectivity index (χ1n) is 7.93. The Hall–Kier alpha value is -1.13. The van der Waals surface area contributed by atoms with Crippen LogP contribution in [0.15, 0.2) is 18.2 Å². The molecule has 0 aliphatic carbocycles. The van der Waals surface area contributed by atoms with E-state index in [4.69, 9.17) is 10.5 Å². The van der Waals surface area contributed by atoms with Crippen LogP contribution in [0.4, 0.5) is 4.39 Å². The molecule has 0 aromatic heterocycles. The third-order valence-electron chi connectivity index (χ3n) is 3.66. The first-order chi connectivity index (χ1) is 10.1. The molecule has 1 aromatic rings. The molecule has 0 saturated heterocycles. The van der Waals surface area contributed by atoms with Gasteiger partial charge in [-0.2, -0.15) is 0 Å². The highest BCUT2D eigenvalue weighted by atomic mass is 19.1. The third-order valence-corrected chi connectivity index (χ3v) is 3.66. The minimum Gasteiger partial charge on any atom is -0.490 e. The molecule has 0 unspecified atom stereocenters. The summed E-state index contributed by atoms with van der Waals surface area (Å²) in [5, 5.41) is 9.90. The third kappa shape index (κ3) is 5.64. The summed E-state index contributed by atoms with van der Waals surface area (Å²) < 4.78 is 20.0. The molecule has 3 N–H and O–H groups in total. The topological polar surface area (TPSA) is 55.5 Å². The zero-order chi connectivity index (χ0) is 15.7. The number of rotatable bonds is 10. The normalized spacial score (nSPS) is 12.7. The van der Waals surface area contributed by atoms with Crippen LogP contribution >= 0.6 is 0 Å². The number of halogens is 1. The minimum atomic E-state index is -0.874. The zero-order valence-corrected chi connectivity index (χ0v) is 13.1. The maximum Gasteiger partial charge on any atom is 0.170 e. The van der Waals surface area contributed by atoms with E-state index in [1.165, 1.54) is 0 Å². The molecular weight excluding hydrogens is 269 g/mol. The van der Waals surface area contributed by atoms with Crippen LogP contribution in [-0.4, -0.2) is 18.3 Å². The number of hydrogen-bond acceptors (Lipinski definition) is 3. The number of ether oxygens (including phenoxy) is 1. The van der Waals surface area contributed by atoms with Crippen molar-refractivity contribution in [3.8, 4) is 5.75 Å². The smallest absolute Gasteiger partial charge is 0.170 e. The van der Waals surface area contributed by atoms with E-state index in [1.807, 2.05) is 0 Å². The molecule has 4 heteroatoms. The highest BCUT2D eigenvalue weighted by Crippen LogP contribution is 2.27. The Morgan fingerprint density at radius 1 is 1.19 bits per heavy atom. The van der Waals surface area contributed by atoms with Crippen LogP contribution in [0, 0.1) is 11.7 Å². The largest absolute Gasteiger partial charge is 0.490 e. The lowest BCUT2D eigenvalue weighted by atomic mass is 9.99. The van der Waals surface area contributed by atoms with Gasteiger partial charge in [0.25, 0.3) is 0 Å². The van der Waals surface area contributed by atoms with Gasteiger partial charge in [0, 0.05) is 5.56 Å². The number of benzene rings is 1. The van der Waals surface area contributed by atoms with Gasteiger partial charge in [-0.1, -0.05) is 38.8 Å². The monoisotopic (exact) mass is 297 g/mol. The molecule has 3 nitrogen and oxygen atoms in total. The number of aliphatic hydroxyl groups excluding tert-OH is 1. The van der Waals surface area contributed by atoms with Crippen molar-refractivity contribution < 1.29 is 14.2 Å². The van der Waals surface area contributed by atoms with Crippen LogP contribution in [0.2, 0.25) is 0 Å². The predicted molar refractivity (Wildman–Crippen MR) is 83.8 cm³/mol. The summed E-state index contributed by atoms with van der Waals surface area (Å²) in [4.78, 5) is 0. The van der Waals surface area contributed by atoms with Gasteiger partial charge in [-0.3, -0.25) is 0 Å². The van der Waals surface area contributed by atoms with Crippen molar-refractivity contribution in [1.29, 1.82) is 0 Å². The van der Waals surface area contributed by atoms with E-state index >= 15 is 0 Å². The Morgan fingerprint density at radius 3 is 2.43 bits per heavy atom. The van der Waals surface area contributed by atoms with Crippen molar-refractivity contribution in [2.45, 2.75) is 52.1 Å². The Kier molecular flexibility index (Phi) is 8.31. The Morgan fingerprint density at radius 2 is 1.86 bits per heavy atom. The van der Waals surface area contributed by atoms with Gasteiger partial charge in [-0.15, -0.1) is 0 Å². The lowest BCUT2D eigenvalue weighted by molar-refractivity contribution is 0.162. The fourth-order valence-electron chi connectivity index (χ4n) is 2.55. The standard InChI is InChI=1S/C17H28FNO2/c1-3-6-13(7-4-2)12-21-16-9-5-8-14(17(16)18)15(20)10-11-19/h5,8-9,13,15,20H,3-4,6-7,10-12,19H2,1-2H3/t15-/m1/s1. The number of hydrogen-bond donors (Lipinski definition) is 2. The van der Waals surface area contributed by atoms with Gasteiger partial charge in [0.15, 0.2) is 11.6 Å². The van der Waals surface area contributed by atoms with E-state index in [0.29, 0.717) is 25.5 Å². The second-order valence-corrected chi connectivity index (χ2v) is 5.51. The first kappa shape index (κ1) is 17.9. The molecule has 0 spiro atoms. The molecule has 0 amide bonds. The number of nitrogens with two attached hydrogens (primary N) is 1. The molecule has 0 heterocycles. The van der Waals surface area contributed by atoms with Crippen LogP contribution in [0.1, 0.15) is 57.6 Å². The quantitative estimate of drug-likeness (QED) is 0.690. The fraction of sp³-hybridized carbons (Fsp3) is 0.647. The van der Waals surface area contributed by atoms with Crippen LogP contribution in [0.5, 0.6) is 5.75 Å². The van der Waals surface area contributed by atoms with E-state index < -0.39 is 11.9 Å². The van der Waals surface area contributed by atoms with Crippen molar-refractivity contribution in [2.75, 3.05) is 13.2 Å². The molecule has 21 heavy (non-hydrogen) atoms. The Balaban J connectivity index is 2.72. The van der Waals surface area contributed by atoms with Gasteiger partial charge in [0.2, 0.25) is 0 Å². The lowest BCUT2D eigenvalue weighted by Crippen LogP contribution is -2.14. The van der Waals surface area contributed by atoms with E-state index in [1.54, 1.807) is 18.2 Å². The molecule has 120 valence electrons. The zero-order valence-electron chi connectivity index (χ0n) is 13.1. The molecule has 1 atom stereocenters. The molecule has 0 radical (unpaired) electrons. The van der Waals surface area contributed by atoms with E-state index in [2.05, 4.69) is 13.8 Å². The average Bonchev–Trinajstić information content (AvgIpc) is 2.46. The fourth-order valence-corrected chi connectivity index (χ4v) is 2.55. The van der Waals surface area contributed by atoms with Gasteiger partial charge in [-0.25, -0.2) is 4.39 Å². The molecule has 0 bridgehead atoms. The maximum atomic E-state index is 14.3. The van der Waals surface area contributed by atoms with E-state index in [9.17, 15) is 9.50 Å². The summed E-state index contributed by atoms with van der Waals surface area (Å²) in [6.07, 6.45) is 3.85. The van der Waals surface area contributed by atoms with E-state index in [0.717, 1.165) is 25.7 Å². The molecule has 0 fully saturated rings. The van der Waals surface area contributed by atoms with Crippen molar-refractivity contribution in [3.63, 3.8) is 0 Å². The molecule has 1 rings (SSSR count). The first-order valence-corrected chi connectivity index (χ1v) is 7.93. The second kappa shape index (κ2) is 9.74. The highest BCUT2D eigenvalue weighted by Gasteiger charge is 2.17. The van der Waals surface area contributed by atoms with Crippen LogP contribution in [-0.2, 0) is 0 Å². The maximum absolute atomic E-state index is 14.3. The summed E-state index contributed by atoms with van der Waals surface area (Å²) in [5.41, 5.74) is 5.67. The van der Waals surface area contributed by atoms with Gasteiger partial charge in [-0.05, 0) is 37.8 Å². The molecular formula is C17H28FNO2. The van der Waals surface area contributed by atoms with Crippen molar-refractivity contribution in [3.05, 3.63) is 29.6 Å². The summed E-state index contributed by atoms with van der Waals surface area (Å²) in [5.74, 6) is 0.211. The van der Waals surface area contributed by atoms with Crippen LogP contribution in [0.25, 0.3) is 0 Å². The SMILES string of the molecule is CCCC(CCC)COc1cccc([C@H](O)CCN)c1F. The van der Waals surface area contributed by atoms with Crippen molar-refractivity contribution in [1.82, 2.24) is 0 Å². The van der Waals surface area contributed by atoms with Crippen molar-refractivity contribution >= 4 is 0 Å². The van der Waals surface area contributed by atoms with Gasteiger partial charge in [0.1, 0.15) is 0 Å². The summed E-state index contributed by atoms with van der Waals surface area (Å²) in [7, 11) is 0. The number of aliphatic hydroxyl groups is 1. The van der Waals surface area contributed by atoms with E-state index in [-0.39, 0.29) is 11.3 Å².